The lowest BCUT2D eigenvalue weighted by Gasteiger charge is -2.44. The van der Waals surface area contributed by atoms with Crippen LogP contribution < -0.4 is 5.73 Å². The Hall–Kier alpha value is -1.03. The van der Waals surface area contributed by atoms with Crippen LogP contribution in [0.5, 0.6) is 0 Å². The fourth-order valence-electron chi connectivity index (χ4n) is 3.99. The zero-order chi connectivity index (χ0) is 14.4. The third-order valence-electron chi connectivity index (χ3n) is 5.10. The first kappa shape index (κ1) is 13.9. The van der Waals surface area contributed by atoms with Crippen LogP contribution in [0.25, 0.3) is 0 Å². The molecule has 1 aromatic rings. The van der Waals surface area contributed by atoms with Gasteiger partial charge in [-0.3, -0.25) is 0 Å². The topological polar surface area (TPSA) is 26.0 Å². The molecule has 0 amide bonds. The third kappa shape index (κ3) is 2.24. The number of fused-ring (bicyclic) bond motifs is 2. The van der Waals surface area contributed by atoms with E-state index in [1.807, 2.05) is 0 Å². The molecule has 4 heteroatoms. The Morgan fingerprint density at radius 1 is 1.05 bits per heavy atom. The van der Waals surface area contributed by atoms with Crippen LogP contribution in [-0.4, -0.2) is 0 Å². The molecule has 110 valence electrons. The minimum absolute atomic E-state index is 0.0509. The lowest BCUT2D eigenvalue weighted by Crippen LogP contribution is -2.36. The molecule has 1 nitrogen and oxygen atoms in total. The second-order valence-electron chi connectivity index (χ2n) is 6.29. The Morgan fingerprint density at radius 2 is 1.75 bits per heavy atom. The van der Waals surface area contributed by atoms with Gasteiger partial charge in [-0.2, -0.15) is 13.2 Å². The van der Waals surface area contributed by atoms with Crippen molar-refractivity contribution in [3.05, 3.63) is 34.9 Å². The van der Waals surface area contributed by atoms with Gasteiger partial charge in [-0.15, -0.1) is 0 Å². The van der Waals surface area contributed by atoms with Crippen molar-refractivity contribution < 1.29 is 13.2 Å². The van der Waals surface area contributed by atoms with Gasteiger partial charge in [-0.05, 0) is 54.4 Å². The van der Waals surface area contributed by atoms with E-state index in [1.54, 1.807) is 6.07 Å². The normalized spacial score (nSPS) is 25.5. The highest BCUT2D eigenvalue weighted by molar-refractivity contribution is 5.43. The van der Waals surface area contributed by atoms with Gasteiger partial charge in [0.25, 0.3) is 0 Å². The summed E-state index contributed by atoms with van der Waals surface area (Å²) in [5.74, 6) is 0. The van der Waals surface area contributed by atoms with E-state index in [0.717, 1.165) is 49.7 Å². The summed E-state index contributed by atoms with van der Waals surface area (Å²) in [7, 11) is 0. The van der Waals surface area contributed by atoms with Gasteiger partial charge in [-0.25, -0.2) is 0 Å². The molecule has 1 spiro atoms. The molecule has 0 aliphatic heterocycles. The van der Waals surface area contributed by atoms with Crippen molar-refractivity contribution in [2.45, 2.75) is 62.6 Å². The SMILES string of the molecule is NC1CCC2(CCCCC2)c2cc(C(F)(F)F)ccc21. The Morgan fingerprint density at radius 3 is 2.40 bits per heavy atom. The van der Waals surface area contributed by atoms with Crippen LogP contribution in [-0.2, 0) is 11.6 Å². The van der Waals surface area contributed by atoms with E-state index in [9.17, 15) is 13.2 Å². The van der Waals surface area contributed by atoms with Crippen molar-refractivity contribution in [1.82, 2.24) is 0 Å². The molecule has 2 aliphatic carbocycles. The van der Waals surface area contributed by atoms with Gasteiger partial charge in [0.05, 0.1) is 5.56 Å². The first-order valence-corrected chi connectivity index (χ1v) is 7.40. The number of rotatable bonds is 0. The minimum Gasteiger partial charge on any atom is -0.324 e. The molecule has 1 saturated carbocycles. The molecule has 1 atom stereocenters. The molecule has 1 aromatic carbocycles. The van der Waals surface area contributed by atoms with E-state index in [1.165, 1.54) is 18.6 Å². The lowest BCUT2D eigenvalue weighted by molar-refractivity contribution is -0.137. The van der Waals surface area contributed by atoms with Crippen LogP contribution >= 0.6 is 0 Å². The van der Waals surface area contributed by atoms with Crippen molar-refractivity contribution in [2.75, 3.05) is 0 Å². The van der Waals surface area contributed by atoms with Gasteiger partial charge in [0.1, 0.15) is 0 Å². The van der Waals surface area contributed by atoms with Crippen molar-refractivity contribution in [2.24, 2.45) is 5.73 Å². The lowest BCUT2D eigenvalue weighted by atomic mass is 9.61. The predicted octanol–water partition coefficient (Wildman–Crippen LogP) is 4.70. The van der Waals surface area contributed by atoms with E-state index < -0.39 is 11.7 Å². The minimum atomic E-state index is -4.27. The highest BCUT2D eigenvalue weighted by atomic mass is 19.4. The van der Waals surface area contributed by atoms with Gasteiger partial charge in [0, 0.05) is 6.04 Å². The van der Waals surface area contributed by atoms with Crippen LogP contribution in [0.15, 0.2) is 18.2 Å². The molecule has 0 aromatic heterocycles. The zero-order valence-corrected chi connectivity index (χ0v) is 11.5. The monoisotopic (exact) mass is 283 g/mol. The summed E-state index contributed by atoms with van der Waals surface area (Å²) in [6, 6.07) is 4.05. The summed E-state index contributed by atoms with van der Waals surface area (Å²) in [5.41, 5.74) is 7.35. The Balaban J connectivity index is 2.10. The summed E-state index contributed by atoms with van der Waals surface area (Å²) >= 11 is 0. The third-order valence-corrected chi connectivity index (χ3v) is 5.10. The molecule has 3 rings (SSSR count). The van der Waals surface area contributed by atoms with Crippen LogP contribution in [0.4, 0.5) is 13.2 Å². The molecule has 2 N–H and O–H groups in total. The number of benzene rings is 1. The molecule has 0 saturated heterocycles. The largest absolute Gasteiger partial charge is 0.416 e. The molecular formula is C16H20F3N. The Labute approximate surface area is 117 Å². The fourth-order valence-corrected chi connectivity index (χ4v) is 3.99. The summed E-state index contributed by atoms with van der Waals surface area (Å²) in [6.07, 6.45) is 2.99. The molecule has 0 radical (unpaired) electrons. The van der Waals surface area contributed by atoms with Crippen LogP contribution in [0.2, 0.25) is 0 Å². The van der Waals surface area contributed by atoms with Gasteiger partial charge in [-0.1, -0.05) is 25.3 Å². The second-order valence-corrected chi connectivity index (χ2v) is 6.29. The van der Waals surface area contributed by atoms with Gasteiger partial charge in [0.15, 0.2) is 0 Å². The molecule has 1 unspecified atom stereocenters. The average molecular weight is 283 g/mol. The van der Waals surface area contributed by atoms with Crippen molar-refractivity contribution in [1.29, 1.82) is 0 Å². The van der Waals surface area contributed by atoms with Crippen molar-refractivity contribution >= 4 is 0 Å². The number of hydrogen-bond donors (Lipinski definition) is 1. The maximum absolute atomic E-state index is 13.0. The van der Waals surface area contributed by atoms with E-state index in [0.29, 0.717) is 0 Å². The standard InChI is InChI=1S/C16H20F3N/c17-16(18,19)11-4-5-12-13(10-11)15(9-6-14(12)20)7-2-1-3-8-15/h4-5,10,14H,1-3,6-9,20H2. The van der Waals surface area contributed by atoms with Crippen molar-refractivity contribution in [3.63, 3.8) is 0 Å². The van der Waals surface area contributed by atoms with E-state index in [2.05, 4.69) is 0 Å². The highest BCUT2D eigenvalue weighted by Crippen LogP contribution is 2.50. The van der Waals surface area contributed by atoms with Gasteiger partial charge < -0.3 is 5.73 Å². The van der Waals surface area contributed by atoms with E-state index in [4.69, 9.17) is 5.73 Å². The zero-order valence-electron chi connectivity index (χ0n) is 11.5. The van der Waals surface area contributed by atoms with Crippen LogP contribution in [0.3, 0.4) is 0 Å². The quantitative estimate of drug-likeness (QED) is 0.733. The summed E-state index contributed by atoms with van der Waals surface area (Å²) in [4.78, 5) is 0. The first-order chi connectivity index (χ1) is 9.42. The molecule has 2 aliphatic rings. The van der Waals surface area contributed by atoms with E-state index in [-0.39, 0.29) is 11.5 Å². The Kier molecular flexibility index (Phi) is 3.32. The molecule has 20 heavy (non-hydrogen) atoms. The molecule has 0 bridgehead atoms. The molecule has 0 heterocycles. The van der Waals surface area contributed by atoms with Crippen LogP contribution in [0.1, 0.15) is 67.7 Å². The Bertz CT molecular complexity index is 501. The first-order valence-electron chi connectivity index (χ1n) is 7.40. The summed E-state index contributed by atoms with van der Waals surface area (Å²) in [6.45, 7) is 0. The number of alkyl halides is 3. The van der Waals surface area contributed by atoms with Gasteiger partial charge >= 0.3 is 6.18 Å². The molecule has 1 fully saturated rings. The molecular weight excluding hydrogens is 263 g/mol. The summed E-state index contributed by atoms with van der Waals surface area (Å²) < 4.78 is 38.9. The number of hydrogen-bond acceptors (Lipinski definition) is 1. The number of nitrogens with two attached hydrogens (primary N) is 1. The smallest absolute Gasteiger partial charge is 0.324 e. The second kappa shape index (κ2) is 4.76. The fraction of sp³-hybridized carbons (Fsp3) is 0.625. The highest BCUT2D eigenvalue weighted by Gasteiger charge is 2.41. The predicted molar refractivity (Wildman–Crippen MR) is 72.4 cm³/mol. The summed E-state index contributed by atoms with van der Waals surface area (Å²) in [5, 5.41) is 0. The van der Waals surface area contributed by atoms with Crippen LogP contribution in [0, 0.1) is 0 Å². The van der Waals surface area contributed by atoms with E-state index >= 15 is 0 Å². The average Bonchev–Trinajstić information content (AvgIpc) is 2.43. The number of halogens is 3. The van der Waals surface area contributed by atoms with Gasteiger partial charge in [0.2, 0.25) is 0 Å². The van der Waals surface area contributed by atoms with Crippen molar-refractivity contribution in [3.8, 4) is 0 Å². The maximum atomic E-state index is 13.0. The maximum Gasteiger partial charge on any atom is 0.416 e.